The van der Waals surface area contributed by atoms with Crippen LogP contribution in [0.15, 0.2) is 30.7 Å². The zero-order valence-electron chi connectivity index (χ0n) is 11.5. The number of amides is 1. The molecule has 0 saturated heterocycles. The van der Waals surface area contributed by atoms with Crippen LogP contribution in [0, 0.1) is 18.8 Å². The van der Waals surface area contributed by atoms with Crippen LogP contribution in [-0.4, -0.2) is 32.6 Å². The number of nitrogens with one attached hydrogen (secondary N) is 1. The maximum Gasteiger partial charge on any atom is 0.253 e. The molecule has 0 aliphatic carbocycles. The fraction of sp³-hybridized carbons (Fsp3) is 0.200. The molecular weight excluding hydrogens is 268 g/mol. The number of hydrogen-bond donors (Lipinski definition) is 2. The number of rotatable bonds is 3. The van der Waals surface area contributed by atoms with Crippen molar-refractivity contribution in [3.63, 3.8) is 0 Å². The molecule has 0 radical (unpaired) electrons. The van der Waals surface area contributed by atoms with E-state index in [1.165, 1.54) is 12.4 Å². The van der Waals surface area contributed by atoms with E-state index in [0.29, 0.717) is 23.5 Å². The number of pyridine rings is 1. The first-order valence-electron chi connectivity index (χ1n) is 6.30. The molecule has 0 spiro atoms. The minimum atomic E-state index is -0.258. The van der Waals surface area contributed by atoms with Crippen molar-refractivity contribution in [1.29, 1.82) is 0 Å². The lowest BCUT2D eigenvalue weighted by Gasteiger charge is -2.05. The fourth-order valence-corrected chi connectivity index (χ4v) is 1.65. The molecule has 106 valence electrons. The lowest BCUT2D eigenvalue weighted by molar-refractivity contribution is 0.0950. The van der Waals surface area contributed by atoms with Gasteiger partial charge in [0.05, 0.1) is 17.8 Å². The van der Waals surface area contributed by atoms with E-state index >= 15 is 0 Å². The van der Waals surface area contributed by atoms with Crippen molar-refractivity contribution < 1.29 is 9.90 Å². The van der Waals surface area contributed by atoms with E-state index in [2.05, 4.69) is 32.1 Å². The molecule has 2 N–H and O–H groups in total. The molecule has 2 aromatic heterocycles. The number of hydrogen-bond acceptors (Lipinski definition) is 5. The van der Waals surface area contributed by atoms with Gasteiger partial charge in [-0.2, -0.15) is 0 Å². The molecule has 2 rings (SSSR count). The summed E-state index contributed by atoms with van der Waals surface area (Å²) in [4.78, 5) is 24.2. The minimum Gasteiger partial charge on any atom is -0.384 e. The lowest BCUT2D eigenvalue weighted by atomic mass is 10.2. The average molecular weight is 282 g/mol. The average Bonchev–Trinajstić information content (AvgIpc) is 2.51. The highest BCUT2D eigenvalue weighted by molar-refractivity contribution is 5.94. The zero-order valence-corrected chi connectivity index (χ0v) is 11.5. The van der Waals surface area contributed by atoms with Gasteiger partial charge in [0, 0.05) is 24.2 Å². The van der Waals surface area contributed by atoms with Gasteiger partial charge in [-0.25, -0.2) is 9.97 Å². The molecule has 1 amide bonds. The van der Waals surface area contributed by atoms with E-state index in [-0.39, 0.29) is 12.5 Å². The normalized spacial score (nSPS) is 9.62. The third-order valence-corrected chi connectivity index (χ3v) is 2.58. The standard InChI is InChI=1S/C15H14N4O2/c1-11-17-5-4-14(19-11)10-18-15(21)13-7-12(3-2-6-20)8-16-9-13/h4-5,7-9,20H,6,10H2,1H3,(H,18,21). The van der Waals surface area contributed by atoms with Crippen molar-refractivity contribution in [3.8, 4) is 11.8 Å². The Labute approximate surface area is 122 Å². The van der Waals surface area contributed by atoms with Crippen molar-refractivity contribution in [3.05, 3.63) is 53.4 Å². The summed E-state index contributed by atoms with van der Waals surface area (Å²) in [5.74, 6) is 5.62. The van der Waals surface area contributed by atoms with Crippen LogP contribution in [-0.2, 0) is 6.54 Å². The van der Waals surface area contributed by atoms with Crippen molar-refractivity contribution in [2.45, 2.75) is 13.5 Å². The van der Waals surface area contributed by atoms with Crippen molar-refractivity contribution in [1.82, 2.24) is 20.3 Å². The summed E-state index contributed by atoms with van der Waals surface area (Å²) in [5.41, 5.74) is 1.72. The first-order chi connectivity index (χ1) is 10.2. The first kappa shape index (κ1) is 14.6. The molecule has 2 aromatic rings. The van der Waals surface area contributed by atoms with Gasteiger partial charge in [0.25, 0.3) is 5.91 Å². The monoisotopic (exact) mass is 282 g/mol. The molecule has 0 atom stereocenters. The van der Waals surface area contributed by atoms with Crippen molar-refractivity contribution in [2.75, 3.05) is 6.61 Å². The van der Waals surface area contributed by atoms with Gasteiger partial charge in [-0.15, -0.1) is 0 Å². The van der Waals surface area contributed by atoms with Crippen molar-refractivity contribution >= 4 is 5.91 Å². The highest BCUT2D eigenvalue weighted by atomic mass is 16.2. The quantitative estimate of drug-likeness (QED) is 0.798. The van der Waals surface area contributed by atoms with Crippen LogP contribution in [0.3, 0.4) is 0 Å². The van der Waals surface area contributed by atoms with Crippen LogP contribution in [0.5, 0.6) is 0 Å². The second-order valence-corrected chi connectivity index (χ2v) is 4.20. The Bertz CT molecular complexity index is 704. The van der Waals surface area contributed by atoms with E-state index < -0.39 is 0 Å². The molecule has 21 heavy (non-hydrogen) atoms. The van der Waals surface area contributed by atoms with Crippen LogP contribution in [0.4, 0.5) is 0 Å². The van der Waals surface area contributed by atoms with Gasteiger partial charge in [0.1, 0.15) is 12.4 Å². The maximum atomic E-state index is 12.0. The van der Waals surface area contributed by atoms with Gasteiger partial charge < -0.3 is 10.4 Å². The number of carbonyl (C=O) groups is 1. The first-order valence-corrected chi connectivity index (χ1v) is 6.30. The molecule has 2 heterocycles. The predicted octanol–water partition coefficient (Wildman–Crippen LogP) is 0.454. The van der Waals surface area contributed by atoms with Gasteiger partial charge in [-0.05, 0) is 19.1 Å². The largest absolute Gasteiger partial charge is 0.384 e. The van der Waals surface area contributed by atoms with E-state index in [0.717, 1.165) is 5.69 Å². The van der Waals surface area contributed by atoms with Gasteiger partial charge >= 0.3 is 0 Å². The Balaban J connectivity index is 2.03. The van der Waals surface area contributed by atoms with Gasteiger partial charge in [-0.1, -0.05) is 11.8 Å². The lowest BCUT2D eigenvalue weighted by Crippen LogP contribution is -2.23. The molecule has 0 aromatic carbocycles. The van der Waals surface area contributed by atoms with E-state index in [1.807, 2.05) is 0 Å². The maximum absolute atomic E-state index is 12.0. The van der Waals surface area contributed by atoms with Crippen LogP contribution < -0.4 is 5.32 Å². The smallest absolute Gasteiger partial charge is 0.253 e. The summed E-state index contributed by atoms with van der Waals surface area (Å²) in [6, 6.07) is 3.37. The molecular formula is C15H14N4O2. The second-order valence-electron chi connectivity index (χ2n) is 4.20. The Hall–Kier alpha value is -2.78. The second kappa shape index (κ2) is 7.12. The highest BCUT2D eigenvalue weighted by Gasteiger charge is 2.06. The Morgan fingerprint density at radius 3 is 3.05 bits per heavy atom. The third-order valence-electron chi connectivity index (χ3n) is 2.58. The third kappa shape index (κ3) is 4.37. The summed E-state index contributed by atoms with van der Waals surface area (Å²) in [6.07, 6.45) is 4.65. The number of aliphatic hydroxyl groups excluding tert-OH is 1. The van der Waals surface area contributed by atoms with Gasteiger partial charge in [-0.3, -0.25) is 9.78 Å². The molecule has 0 aliphatic rings. The molecule has 6 heteroatoms. The van der Waals surface area contributed by atoms with Crippen LogP contribution in [0.25, 0.3) is 0 Å². The van der Waals surface area contributed by atoms with E-state index in [4.69, 9.17) is 5.11 Å². The minimum absolute atomic E-state index is 0.233. The van der Waals surface area contributed by atoms with Crippen LogP contribution >= 0.6 is 0 Å². The summed E-state index contributed by atoms with van der Waals surface area (Å²) in [5, 5.41) is 11.4. The number of carbonyl (C=O) groups excluding carboxylic acids is 1. The summed E-state index contributed by atoms with van der Waals surface area (Å²) in [6.45, 7) is 1.87. The zero-order chi connectivity index (χ0) is 15.1. The summed E-state index contributed by atoms with van der Waals surface area (Å²) in [7, 11) is 0. The number of aromatic nitrogens is 3. The number of aliphatic hydroxyl groups is 1. The molecule has 0 fully saturated rings. The van der Waals surface area contributed by atoms with Crippen LogP contribution in [0.1, 0.15) is 27.4 Å². The topological polar surface area (TPSA) is 88.0 Å². The van der Waals surface area contributed by atoms with Gasteiger partial charge in [0.2, 0.25) is 0 Å². The van der Waals surface area contributed by atoms with E-state index in [9.17, 15) is 4.79 Å². The molecule has 0 unspecified atom stereocenters. The van der Waals surface area contributed by atoms with E-state index in [1.54, 1.807) is 25.3 Å². The van der Waals surface area contributed by atoms with Crippen molar-refractivity contribution in [2.24, 2.45) is 0 Å². The Morgan fingerprint density at radius 2 is 2.29 bits per heavy atom. The number of nitrogens with zero attached hydrogens (tertiary/aromatic N) is 3. The summed E-state index contributed by atoms with van der Waals surface area (Å²) < 4.78 is 0. The van der Waals surface area contributed by atoms with Crippen LogP contribution in [0.2, 0.25) is 0 Å². The molecule has 6 nitrogen and oxygen atoms in total. The Kier molecular flexibility index (Phi) is 4.96. The molecule has 0 saturated carbocycles. The Morgan fingerprint density at radius 1 is 1.43 bits per heavy atom. The highest BCUT2D eigenvalue weighted by Crippen LogP contribution is 2.02. The SMILES string of the molecule is Cc1nccc(CNC(=O)c2cncc(C#CCO)c2)n1. The summed E-state index contributed by atoms with van der Waals surface area (Å²) >= 11 is 0. The number of aryl methyl sites for hydroxylation is 1. The molecule has 0 bridgehead atoms. The predicted molar refractivity (Wildman–Crippen MR) is 76.1 cm³/mol. The van der Waals surface area contributed by atoms with Gasteiger partial charge in [0.15, 0.2) is 0 Å². The molecule has 0 aliphatic heterocycles. The fourth-order valence-electron chi connectivity index (χ4n) is 1.65.